The van der Waals surface area contributed by atoms with Gasteiger partial charge in [-0.25, -0.2) is 4.39 Å². The van der Waals surface area contributed by atoms with Gasteiger partial charge in [0.2, 0.25) is 0 Å². The predicted octanol–water partition coefficient (Wildman–Crippen LogP) is 2.15. The number of likely N-dealkylation sites (tertiary alicyclic amines) is 1. The highest BCUT2D eigenvalue weighted by Gasteiger charge is 2.28. The molecule has 0 radical (unpaired) electrons. The second-order valence-corrected chi connectivity index (χ2v) is 5.29. The van der Waals surface area contributed by atoms with Gasteiger partial charge in [-0.05, 0) is 37.0 Å². The largest absolute Gasteiger partial charge is 0.310 e. The van der Waals surface area contributed by atoms with E-state index < -0.39 is 0 Å². The van der Waals surface area contributed by atoms with Gasteiger partial charge >= 0.3 is 0 Å². The van der Waals surface area contributed by atoms with Gasteiger partial charge in [-0.15, -0.1) is 0 Å². The molecule has 2 fully saturated rings. The van der Waals surface area contributed by atoms with Gasteiger partial charge < -0.3 is 5.32 Å². The Labute approximate surface area is 102 Å². The average molecular weight is 234 g/mol. The van der Waals surface area contributed by atoms with E-state index >= 15 is 0 Å². The van der Waals surface area contributed by atoms with E-state index in [9.17, 15) is 4.39 Å². The highest BCUT2D eigenvalue weighted by atomic mass is 19.1. The fraction of sp³-hybridized carbons (Fsp3) is 0.571. The average Bonchev–Trinajstić information content (AvgIpc) is 3.02. The minimum atomic E-state index is -0.150. The van der Waals surface area contributed by atoms with Gasteiger partial charge in [-0.1, -0.05) is 12.1 Å². The van der Waals surface area contributed by atoms with Crippen molar-refractivity contribution in [1.82, 2.24) is 10.2 Å². The van der Waals surface area contributed by atoms with Crippen LogP contribution in [-0.2, 0) is 6.54 Å². The van der Waals surface area contributed by atoms with Crippen LogP contribution in [0.2, 0.25) is 0 Å². The summed E-state index contributed by atoms with van der Waals surface area (Å²) in [5.74, 6) is -0.150. The molecule has 2 aliphatic rings. The van der Waals surface area contributed by atoms with Gasteiger partial charge in [0.05, 0.1) is 0 Å². The van der Waals surface area contributed by atoms with Crippen molar-refractivity contribution in [2.24, 2.45) is 0 Å². The van der Waals surface area contributed by atoms with E-state index in [1.165, 1.54) is 24.8 Å². The molecule has 1 aromatic carbocycles. The highest BCUT2D eigenvalue weighted by Crippen LogP contribution is 2.22. The molecule has 1 N–H and O–H groups in total. The summed E-state index contributed by atoms with van der Waals surface area (Å²) in [5, 5.41) is 3.68. The Morgan fingerprint density at radius 1 is 1.12 bits per heavy atom. The molecule has 1 atom stereocenters. The lowest BCUT2D eigenvalue weighted by Crippen LogP contribution is -2.33. The van der Waals surface area contributed by atoms with Crippen molar-refractivity contribution in [1.29, 1.82) is 0 Å². The van der Waals surface area contributed by atoms with Crippen LogP contribution in [0.4, 0.5) is 4.39 Å². The molecule has 92 valence electrons. The minimum Gasteiger partial charge on any atom is -0.310 e. The lowest BCUT2D eigenvalue weighted by molar-refractivity contribution is 0.319. The van der Waals surface area contributed by atoms with E-state index in [0.717, 1.165) is 25.7 Å². The quantitative estimate of drug-likeness (QED) is 0.858. The number of benzene rings is 1. The predicted molar refractivity (Wildman–Crippen MR) is 66.2 cm³/mol. The van der Waals surface area contributed by atoms with Crippen molar-refractivity contribution in [2.75, 3.05) is 13.1 Å². The maximum Gasteiger partial charge on any atom is 0.123 e. The molecule has 1 aromatic rings. The van der Waals surface area contributed by atoms with Gasteiger partial charge in [0, 0.05) is 31.7 Å². The Balaban J connectivity index is 1.50. The van der Waals surface area contributed by atoms with Crippen LogP contribution in [0.1, 0.15) is 24.8 Å². The summed E-state index contributed by atoms with van der Waals surface area (Å²) >= 11 is 0. The van der Waals surface area contributed by atoms with E-state index in [4.69, 9.17) is 0 Å². The number of nitrogens with zero attached hydrogens (tertiary/aromatic N) is 1. The fourth-order valence-electron chi connectivity index (χ4n) is 2.54. The molecule has 3 rings (SSSR count). The molecular weight excluding hydrogens is 215 g/mol. The summed E-state index contributed by atoms with van der Waals surface area (Å²) in [7, 11) is 0. The Morgan fingerprint density at radius 2 is 1.88 bits per heavy atom. The first kappa shape index (κ1) is 11.2. The van der Waals surface area contributed by atoms with Gasteiger partial charge in [-0.2, -0.15) is 0 Å². The summed E-state index contributed by atoms with van der Waals surface area (Å²) in [6, 6.07) is 8.33. The molecule has 1 saturated heterocycles. The third kappa shape index (κ3) is 3.05. The van der Waals surface area contributed by atoms with E-state index in [1.807, 2.05) is 12.1 Å². The molecular formula is C14H19FN2. The zero-order valence-electron chi connectivity index (χ0n) is 10.0. The lowest BCUT2D eigenvalue weighted by atomic mass is 10.2. The Kier molecular flexibility index (Phi) is 3.12. The molecule has 1 aliphatic heterocycles. The summed E-state index contributed by atoms with van der Waals surface area (Å²) in [6.07, 6.45) is 3.96. The van der Waals surface area contributed by atoms with Crippen LogP contribution in [0.15, 0.2) is 24.3 Å². The maximum atomic E-state index is 12.8. The molecule has 3 heteroatoms. The van der Waals surface area contributed by atoms with Crippen molar-refractivity contribution in [2.45, 2.75) is 37.9 Å². The molecule has 1 unspecified atom stereocenters. The number of hydrogen-bond donors (Lipinski definition) is 1. The first-order valence-electron chi connectivity index (χ1n) is 6.52. The van der Waals surface area contributed by atoms with Gasteiger partial charge in [0.15, 0.2) is 0 Å². The van der Waals surface area contributed by atoms with Crippen LogP contribution >= 0.6 is 0 Å². The van der Waals surface area contributed by atoms with Crippen LogP contribution < -0.4 is 5.32 Å². The third-order valence-corrected chi connectivity index (χ3v) is 3.64. The molecule has 1 heterocycles. The Hall–Kier alpha value is -0.930. The number of halogens is 1. The van der Waals surface area contributed by atoms with Crippen molar-refractivity contribution >= 4 is 0 Å². The standard InChI is InChI=1S/C14H19FN2/c15-12-3-1-11(2-4-12)9-17-8-7-14(10-17)16-13-5-6-13/h1-4,13-14,16H,5-10H2. The molecule has 0 spiro atoms. The van der Waals surface area contributed by atoms with Gasteiger partial charge in [0.1, 0.15) is 5.82 Å². The fourth-order valence-corrected chi connectivity index (χ4v) is 2.54. The summed E-state index contributed by atoms with van der Waals surface area (Å²) in [5.41, 5.74) is 1.21. The summed E-state index contributed by atoms with van der Waals surface area (Å²) in [6.45, 7) is 3.23. The van der Waals surface area contributed by atoms with Crippen LogP contribution in [0.25, 0.3) is 0 Å². The smallest absolute Gasteiger partial charge is 0.123 e. The number of rotatable bonds is 4. The monoisotopic (exact) mass is 234 g/mol. The second kappa shape index (κ2) is 4.75. The molecule has 1 saturated carbocycles. The zero-order chi connectivity index (χ0) is 11.7. The Morgan fingerprint density at radius 3 is 2.59 bits per heavy atom. The lowest BCUT2D eigenvalue weighted by Gasteiger charge is -2.16. The number of nitrogens with one attached hydrogen (secondary N) is 1. The summed E-state index contributed by atoms with van der Waals surface area (Å²) < 4.78 is 12.8. The van der Waals surface area contributed by atoms with E-state index in [1.54, 1.807) is 12.1 Å². The van der Waals surface area contributed by atoms with E-state index in [0.29, 0.717) is 6.04 Å². The van der Waals surface area contributed by atoms with E-state index in [2.05, 4.69) is 10.2 Å². The molecule has 17 heavy (non-hydrogen) atoms. The first-order chi connectivity index (χ1) is 8.29. The maximum absolute atomic E-state index is 12.8. The SMILES string of the molecule is Fc1ccc(CN2CCC(NC3CC3)C2)cc1. The van der Waals surface area contributed by atoms with E-state index in [-0.39, 0.29) is 5.82 Å². The molecule has 2 nitrogen and oxygen atoms in total. The first-order valence-corrected chi connectivity index (χ1v) is 6.52. The second-order valence-electron chi connectivity index (χ2n) is 5.29. The van der Waals surface area contributed by atoms with Crippen molar-refractivity contribution in [3.05, 3.63) is 35.6 Å². The van der Waals surface area contributed by atoms with Crippen molar-refractivity contribution < 1.29 is 4.39 Å². The normalized spacial score (nSPS) is 25.4. The zero-order valence-corrected chi connectivity index (χ0v) is 10.0. The van der Waals surface area contributed by atoms with Crippen molar-refractivity contribution in [3.63, 3.8) is 0 Å². The van der Waals surface area contributed by atoms with Crippen LogP contribution in [-0.4, -0.2) is 30.1 Å². The van der Waals surface area contributed by atoms with Crippen LogP contribution in [0.3, 0.4) is 0 Å². The highest BCUT2D eigenvalue weighted by molar-refractivity contribution is 5.16. The number of hydrogen-bond acceptors (Lipinski definition) is 2. The third-order valence-electron chi connectivity index (χ3n) is 3.64. The minimum absolute atomic E-state index is 0.150. The van der Waals surface area contributed by atoms with Crippen LogP contribution in [0, 0.1) is 5.82 Å². The molecule has 0 aromatic heterocycles. The summed E-state index contributed by atoms with van der Waals surface area (Å²) in [4.78, 5) is 2.45. The van der Waals surface area contributed by atoms with Crippen molar-refractivity contribution in [3.8, 4) is 0 Å². The molecule has 0 bridgehead atoms. The Bertz CT molecular complexity index is 372. The van der Waals surface area contributed by atoms with Crippen LogP contribution in [0.5, 0.6) is 0 Å². The topological polar surface area (TPSA) is 15.3 Å². The van der Waals surface area contributed by atoms with Gasteiger partial charge in [0.25, 0.3) is 0 Å². The van der Waals surface area contributed by atoms with Gasteiger partial charge in [-0.3, -0.25) is 4.90 Å². The molecule has 1 aliphatic carbocycles. The molecule has 0 amide bonds.